The fourth-order valence-electron chi connectivity index (χ4n) is 1.88. The lowest BCUT2D eigenvalue weighted by Gasteiger charge is -2.19. The molecule has 0 spiro atoms. The molecule has 1 aromatic carbocycles. The van der Waals surface area contributed by atoms with Crippen LogP contribution >= 0.6 is 27.3 Å². The van der Waals surface area contributed by atoms with Crippen LogP contribution in [-0.2, 0) is 23.1 Å². The van der Waals surface area contributed by atoms with Crippen molar-refractivity contribution in [1.29, 1.82) is 0 Å². The Morgan fingerprint density at radius 2 is 1.90 bits per heavy atom. The topological polar surface area (TPSA) is 57.6 Å². The Labute approximate surface area is 137 Å². The quantitative estimate of drug-likeness (QED) is 0.852. The zero-order valence-corrected chi connectivity index (χ0v) is 14.9. The number of halogens is 1. The predicted molar refractivity (Wildman–Crippen MR) is 89.4 cm³/mol. The average Bonchev–Trinajstić information content (AvgIpc) is 2.88. The summed E-state index contributed by atoms with van der Waals surface area (Å²) in [6.45, 7) is 1.88. The van der Waals surface area contributed by atoms with Gasteiger partial charge < -0.3 is 5.11 Å². The summed E-state index contributed by atoms with van der Waals surface area (Å²) >= 11 is 4.48. The third-order valence-corrected chi connectivity index (χ3v) is 7.23. The first-order valence-corrected chi connectivity index (χ1v) is 9.42. The lowest BCUT2D eigenvalue weighted by Crippen LogP contribution is -2.26. The Morgan fingerprint density at radius 3 is 2.38 bits per heavy atom. The van der Waals surface area contributed by atoms with Crippen molar-refractivity contribution in [2.75, 3.05) is 11.4 Å². The number of aliphatic hydroxyl groups is 1. The zero-order chi connectivity index (χ0) is 15.6. The molecule has 0 radical (unpaired) electrons. The van der Waals surface area contributed by atoms with Gasteiger partial charge in [-0.05, 0) is 46.1 Å². The van der Waals surface area contributed by atoms with E-state index in [0.29, 0.717) is 14.4 Å². The molecule has 0 aliphatic rings. The predicted octanol–water partition coefficient (Wildman–Crippen LogP) is 3.39. The summed E-state index contributed by atoms with van der Waals surface area (Å²) in [5.41, 5.74) is 1.76. The molecule has 0 unspecified atom stereocenters. The Morgan fingerprint density at radius 1 is 1.29 bits per heavy atom. The Balaban J connectivity index is 2.39. The molecule has 0 aliphatic heterocycles. The molecule has 0 saturated carbocycles. The van der Waals surface area contributed by atoms with E-state index in [2.05, 4.69) is 15.9 Å². The smallest absolute Gasteiger partial charge is 0.266 e. The van der Waals surface area contributed by atoms with Gasteiger partial charge >= 0.3 is 0 Å². The SMILES string of the molecule is CCc1ccc(N(C)S(=O)(=O)c2cc(CO)sc2Br)cc1. The van der Waals surface area contributed by atoms with Crippen LogP contribution in [0.15, 0.2) is 39.0 Å². The van der Waals surface area contributed by atoms with E-state index in [1.807, 2.05) is 19.1 Å². The maximum Gasteiger partial charge on any atom is 0.266 e. The number of aliphatic hydroxyl groups excluding tert-OH is 1. The number of hydrogen-bond donors (Lipinski definition) is 1. The van der Waals surface area contributed by atoms with Gasteiger partial charge in [0, 0.05) is 11.9 Å². The summed E-state index contributed by atoms with van der Waals surface area (Å²) in [4.78, 5) is 0.786. The Hall–Kier alpha value is -0.890. The largest absolute Gasteiger partial charge is 0.391 e. The van der Waals surface area contributed by atoms with Gasteiger partial charge in [0.2, 0.25) is 0 Å². The first kappa shape index (κ1) is 16.5. The Bertz CT molecular complexity index is 723. The van der Waals surface area contributed by atoms with Crippen LogP contribution in [0.1, 0.15) is 17.4 Å². The molecule has 2 aromatic rings. The molecule has 2 rings (SSSR count). The molecule has 1 heterocycles. The van der Waals surface area contributed by atoms with Crippen molar-refractivity contribution in [3.05, 3.63) is 44.6 Å². The zero-order valence-electron chi connectivity index (χ0n) is 11.7. The second-order valence-electron chi connectivity index (χ2n) is 4.50. The minimum absolute atomic E-state index is 0.173. The standard InChI is InChI=1S/C14H16BrNO3S2/c1-3-10-4-6-11(7-5-10)16(2)21(18,19)13-8-12(9-17)20-14(13)15/h4-8,17H,3,9H2,1-2H3. The van der Waals surface area contributed by atoms with Gasteiger partial charge in [-0.3, -0.25) is 4.31 Å². The second kappa shape index (κ2) is 6.48. The summed E-state index contributed by atoms with van der Waals surface area (Å²) in [6.07, 6.45) is 0.909. The number of hydrogen-bond acceptors (Lipinski definition) is 4. The van der Waals surface area contributed by atoms with E-state index in [1.54, 1.807) is 12.1 Å². The van der Waals surface area contributed by atoms with Crippen molar-refractivity contribution < 1.29 is 13.5 Å². The van der Waals surface area contributed by atoms with E-state index in [0.717, 1.165) is 12.0 Å². The summed E-state index contributed by atoms with van der Waals surface area (Å²) < 4.78 is 27.1. The lowest BCUT2D eigenvalue weighted by molar-refractivity contribution is 0.285. The summed E-state index contributed by atoms with van der Waals surface area (Å²) in [6, 6.07) is 8.93. The lowest BCUT2D eigenvalue weighted by atomic mass is 10.1. The van der Waals surface area contributed by atoms with Crippen LogP contribution in [0, 0.1) is 0 Å². The van der Waals surface area contributed by atoms with Crippen molar-refractivity contribution in [3.8, 4) is 0 Å². The summed E-state index contributed by atoms with van der Waals surface area (Å²) in [5.74, 6) is 0. The highest BCUT2D eigenvalue weighted by atomic mass is 79.9. The van der Waals surface area contributed by atoms with Gasteiger partial charge in [0.25, 0.3) is 10.0 Å². The number of anilines is 1. The van der Waals surface area contributed by atoms with Gasteiger partial charge in [-0.1, -0.05) is 19.1 Å². The fourth-order valence-corrected chi connectivity index (χ4v) is 5.57. The van der Waals surface area contributed by atoms with Gasteiger partial charge in [0.05, 0.1) is 16.1 Å². The van der Waals surface area contributed by atoms with Crippen LogP contribution in [0.25, 0.3) is 0 Å². The maximum absolute atomic E-state index is 12.7. The summed E-state index contributed by atoms with van der Waals surface area (Å²) in [5, 5.41) is 9.14. The molecular weight excluding hydrogens is 374 g/mol. The van der Waals surface area contributed by atoms with E-state index < -0.39 is 10.0 Å². The second-order valence-corrected chi connectivity index (χ2v) is 8.89. The molecule has 4 nitrogen and oxygen atoms in total. The van der Waals surface area contributed by atoms with Crippen molar-refractivity contribution in [1.82, 2.24) is 0 Å². The molecule has 0 bridgehead atoms. The highest BCUT2D eigenvalue weighted by molar-refractivity contribution is 9.11. The molecule has 0 fully saturated rings. The van der Waals surface area contributed by atoms with Crippen LogP contribution in [0.2, 0.25) is 0 Å². The van der Waals surface area contributed by atoms with E-state index in [-0.39, 0.29) is 11.5 Å². The molecule has 0 amide bonds. The summed E-state index contributed by atoms with van der Waals surface area (Å²) in [7, 11) is -2.12. The van der Waals surface area contributed by atoms with E-state index in [4.69, 9.17) is 5.11 Å². The molecule has 114 valence electrons. The Kier molecular flexibility index (Phi) is 5.08. The fraction of sp³-hybridized carbons (Fsp3) is 0.286. The number of aryl methyl sites for hydroxylation is 1. The van der Waals surface area contributed by atoms with Crippen molar-refractivity contribution in [3.63, 3.8) is 0 Å². The van der Waals surface area contributed by atoms with Crippen molar-refractivity contribution >= 4 is 43.0 Å². The number of rotatable bonds is 5. The van der Waals surface area contributed by atoms with Crippen LogP contribution < -0.4 is 4.31 Å². The molecule has 0 atom stereocenters. The van der Waals surface area contributed by atoms with Crippen LogP contribution in [-0.4, -0.2) is 20.6 Å². The third-order valence-electron chi connectivity index (χ3n) is 3.21. The molecule has 7 heteroatoms. The number of sulfonamides is 1. The van der Waals surface area contributed by atoms with Crippen LogP contribution in [0.4, 0.5) is 5.69 Å². The van der Waals surface area contributed by atoms with E-state index in [1.165, 1.54) is 28.8 Å². The minimum Gasteiger partial charge on any atom is -0.391 e. The van der Waals surface area contributed by atoms with Gasteiger partial charge in [-0.25, -0.2) is 8.42 Å². The number of benzene rings is 1. The van der Waals surface area contributed by atoms with Gasteiger partial charge in [-0.2, -0.15) is 0 Å². The molecule has 0 aliphatic carbocycles. The van der Waals surface area contributed by atoms with Crippen molar-refractivity contribution in [2.24, 2.45) is 0 Å². The molecule has 1 N–H and O–H groups in total. The number of thiophene rings is 1. The third kappa shape index (κ3) is 3.31. The average molecular weight is 390 g/mol. The maximum atomic E-state index is 12.7. The van der Waals surface area contributed by atoms with Crippen LogP contribution in [0.3, 0.4) is 0 Å². The highest BCUT2D eigenvalue weighted by Gasteiger charge is 2.26. The minimum atomic E-state index is -3.65. The molecule has 0 saturated heterocycles. The van der Waals surface area contributed by atoms with Gasteiger partial charge in [-0.15, -0.1) is 11.3 Å². The van der Waals surface area contributed by atoms with Gasteiger partial charge in [0.1, 0.15) is 4.90 Å². The normalized spacial score (nSPS) is 11.6. The first-order chi connectivity index (χ1) is 9.90. The molecule has 21 heavy (non-hydrogen) atoms. The van der Waals surface area contributed by atoms with Crippen molar-refractivity contribution in [2.45, 2.75) is 24.8 Å². The molecular formula is C14H16BrNO3S2. The monoisotopic (exact) mass is 389 g/mol. The highest BCUT2D eigenvalue weighted by Crippen LogP contribution is 2.34. The first-order valence-electron chi connectivity index (χ1n) is 6.37. The molecule has 1 aromatic heterocycles. The van der Waals surface area contributed by atoms with E-state index in [9.17, 15) is 8.42 Å². The van der Waals surface area contributed by atoms with Gasteiger partial charge in [0.15, 0.2) is 0 Å². The number of nitrogens with zero attached hydrogens (tertiary/aromatic N) is 1. The van der Waals surface area contributed by atoms with Crippen LogP contribution in [0.5, 0.6) is 0 Å². The van der Waals surface area contributed by atoms with E-state index >= 15 is 0 Å².